The van der Waals surface area contributed by atoms with E-state index in [0.717, 1.165) is 11.3 Å². The molecule has 0 aliphatic rings. The molecule has 2 N–H and O–H groups in total. The monoisotopic (exact) mass is 274 g/mol. The van der Waals surface area contributed by atoms with E-state index in [2.05, 4.69) is 25.2 Å². The molecule has 0 radical (unpaired) electrons. The van der Waals surface area contributed by atoms with Gasteiger partial charge in [0.25, 0.3) is 5.91 Å². The Kier molecular flexibility index (Phi) is 3.51. The summed E-state index contributed by atoms with van der Waals surface area (Å²) in [6.45, 7) is -1.29. The van der Waals surface area contributed by atoms with E-state index in [0.29, 0.717) is 4.88 Å². The minimum absolute atomic E-state index is 0.0594. The van der Waals surface area contributed by atoms with E-state index in [-0.39, 0.29) is 16.6 Å². The number of aromatic nitrogens is 3. The molecule has 0 atom stereocenters. The van der Waals surface area contributed by atoms with Crippen LogP contribution in [-0.2, 0) is 0 Å². The minimum Gasteiger partial charge on any atom is -0.433 e. The number of hydrogen-bond acceptors (Lipinski definition) is 5. The fourth-order valence-corrected chi connectivity index (χ4v) is 2.10. The van der Waals surface area contributed by atoms with Crippen LogP contribution in [0.3, 0.4) is 0 Å². The van der Waals surface area contributed by atoms with Gasteiger partial charge < -0.3 is 4.74 Å². The standard InChI is InChI=1S/C9H8F2N4O2S/c1-4-2-5(17-8(10)11)6(18-4)7(16)14-9-12-3-13-15-9/h2-3,8H,1H3,(H2,12,13,14,15,16). The smallest absolute Gasteiger partial charge is 0.387 e. The number of nitrogens with zero attached hydrogens (tertiary/aromatic N) is 2. The topological polar surface area (TPSA) is 79.9 Å². The summed E-state index contributed by atoms with van der Waals surface area (Å²) in [5.74, 6) is -0.598. The van der Waals surface area contributed by atoms with Crippen molar-refractivity contribution in [1.29, 1.82) is 0 Å². The van der Waals surface area contributed by atoms with Crippen LogP contribution in [0.2, 0.25) is 0 Å². The minimum atomic E-state index is -2.98. The Balaban J connectivity index is 2.18. The maximum atomic E-state index is 12.2. The van der Waals surface area contributed by atoms with Crippen LogP contribution in [0, 0.1) is 6.92 Å². The molecule has 0 saturated carbocycles. The molecule has 2 heterocycles. The number of H-pyrrole nitrogens is 1. The number of nitrogens with one attached hydrogen (secondary N) is 2. The zero-order chi connectivity index (χ0) is 13.1. The Bertz CT molecular complexity index is 541. The Morgan fingerprint density at radius 2 is 2.39 bits per heavy atom. The fraction of sp³-hybridized carbons (Fsp3) is 0.222. The van der Waals surface area contributed by atoms with Gasteiger partial charge in [-0.1, -0.05) is 0 Å². The van der Waals surface area contributed by atoms with Crippen molar-refractivity contribution in [2.24, 2.45) is 0 Å². The molecule has 0 spiro atoms. The van der Waals surface area contributed by atoms with Crippen LogP contribution in [0.5, 0.6) is 5.75 Å². The van der Waals surface area contributed by atoms with E-state index in [1.165, 1.54) is 12.4 Å². The van der Waals surface area contributed by atoms with Crippen LogP contribution in [0.1, 0.15) is 14.5 Å². The number of ether oxygens (including phenoxy) is 1. The largest absolute Gasteiger partial charge is 0.433 e. The molecular formula is C9H8F2N4O2S. The lowest BCUT2D eigenvalue weighted by Gasteiger charge is -2.04. The van der Waals surface area contributed by atoms with Gasteiger partial charge in [-0.25, -0.2) is 5.10 Å². The summed E-state index contributed by atoms with van der Waals surface area (Å²) in [5.41, 5.74) is 0. The predicted octanol–water partition coefficient (Wildman–Crippen LogP) is 2.03. The lowest BCUT2D eigenvalue weighted by molar-refractivity contribution is -0.0498. The van der Waals surface area contributed by atoms with Crippen LogP contribution in [0.4, 0.5) is 14.7 Å². The number of halogens is 2. The summed E-state index contributed by atoms with van der Waals surface area (Å²) in [6, 6.07) is 1.38. The maximum Gasteiger partial charge on any atom is 0.387 e. The van der Waals surface area contributed by atoms with E-state index in [4.69, 9.17) is 0 Å². The molecule has 18 heavy (non-hydrogen) atoms. The number of amides is 1. The third-order valence-corrected chi connectivity index (χ3v) is 2.92. The van der Waals surface area contributed by atoms with Crippen molar-refractivity contribution in [2.75, 3.05) is 5.32 Å². The van der Waals surface area contributed by atoms with Gasteiger partial charge in [-0.05, 0) is 13.0 Å². The van der Waals surface area contributed by atoms with E-state index >= 15 is 0 Å². The predicted molar refractivity (Wildman–Crippen MR) is 60.0 cm³/mol. The third-order valence-electron chi connectivity index (χ3n) is 1.89. The highest BCUT2D eigenvalue weighted by atomic mass is 32.1. The quantitative estimate of drug-likeness (QED) is 0.894. The Morgan fingerprint density at radius 3 is 3.00 bits per heavy atom. The molecule has 2 rings (SSSR count). The van der Waals surface area contributed by atoms with Gasteiger partial charge >= 0.3 is 6.61 Å². The second kappa shape index (κ2) is 5.08. The van der Waals surface area contributed by atoms with Crippen molar-refractivity contribution in [2.45, 2.75) is 13.5 Å². The maximum absolute atomic E-state index is 12.2. The molecule has 96 valence electrons. The second-order valence-corrected chi connectivity index (χ2v) is 4.47. The van der Waals surface area contributed by atoms with Gasteiger partial charge in [-0.2, -0.15) is 18.9 Å². The number of carbonyl (C=O) groups is 1. The first-order valence-electron chi connectivity index (χ1n) is 4.78. The van der Waals surface area contributed by atoms with Crippen LogP contribution in [0.15, 0.2) is 12.4 Å². The summed E-state index contributed by atoms with van der Waals surface area (Å²) >= 11 is 1.05. The third kappa shape index (κ3) is 2.80. The number of aryl methyl sites for hydroxylation is 1. The summed E-state index contributed by atoms with van der Waals surface area (Å²) in [7, 11) is 0. The lowest BCUT2D eigenvalue weighted by atomic mass is 10.4. The first kappa shape index (κ1) is 12.4. The van der Waals surface area contributed by atoms with E-state index < -0.39 is 12.5 Å². The van der Waals surface area contributed by atoms with Gasteiger partial charge in [-0.3, -0.25) is 10.1 Å². The van der Waals surface area contributed by atoms with E-state index in [9.17, 15) is 13.6 Å². The molecule has 0 fully saturated rings. The van der Waals surface area contributed by atoms with Gasteiger partial charge in [0.15, 0.2) is 0 Å². The van der Waals surface area contributed by atoms with Gasteiger partial charge in [0, 0.05) is 4.88 Å². The molecule has 0 aliphatic carbocycles. The SMILES string of the molecule is Cc1cc(OC(F)F)c(C(=O)Nc2ncn[nH]2)s1. The molecule has 0 aromatic carbocycles. The highest BCUT2D eigenvalue weighted by molar-refractivity contribution is 7.14. The summed E-state index contributed by atoms with van der Waals surface area (Å²) in [5, 5.41) is 8.36. The molecule has 2 aromatic rings. The Hall–Kier alpha value is -2.03. The number of alkyl halides is 2. The van der Waals surface area contributed by atoms with Crippen LogP contribution in [0.25, 0.3) is 0 Å². The second-order valence-electron chi connectivity index (χ2n) is 3.22. The average molecular weight is 274 g/mol. The Morgan fingerprint density at radius 1 is 1.61 bits per heavy atom. The van der Waals surface area contributed by atoms with E-state index in [1.807, 2.05) is 0 Å². The van der Waals surface area contributed by atoms with Crippen molar-refractivity contribution < 1.29 is 18.3 Å². The summed E-state index contributed by atoms with van der Waals surface area (Å²) in [4.78, 5) is 16.3. The first-order valence-corrected chi connectivity index (χ1v) is 5.60. The van der Waals surface area contributed by atoms with Gasteiger partial charge in [0.1, 0.15) is 17.0 Å². The number of anilines is 1. The Labute approximate surface area is 104 Å². The number of hydrogen-bond donors (Lipinski definition) is 2. The van der Waals surface area contributed by atoms with Crippen LogP contribution < -0.4 is 10.1 Å². The van der Waals surface area contributed by atoms with Crippen LogP contribution in [-0.4, -0.2) is 27.7 Å². The van der Waals surface area contributed by atoms with E-state index in [1.54, 1.807) is 6.92 Å². The van der Waals surface area contributed by atoms with Crippen molar-refractivity contribution in [1.82, 2.24) is 15.2 Å². The number of carbonyl (C=O) groups excluding carboxylic acids is 1. The fourth-order valence-electron chi connectivity index (χ4n) is 1.26. The molecule has 1 amide bonds. The zero-order valence-corrected chi connectivity index (χ0v) is 9.92. The summed E-state index contributed by atoms with van der Waals surface area (Å²) < 4.78 is 28.6. The van der Waals surface area contributed by atoms with Crippen molar-refractivity contribution >= 4 is 23.2 Å². The highest BCUT2D eigenvalue weighted by Gasteiger charge is 2.19. The number of aromatic amines is 1. The van der Waals surface area contributed by atoms with Gasteiger partial charge in [0.2, 0.25) is 5.95 Å². The summed E-state index contributed by atoms with van der Waals surface area (Å²) in [6.07, 6.45) is 1.21. The zero-order valence-electron chi connectivity index (χ0n) is 9.11. The molecule has 0 bridgehead atoms. The molecule has 6 nitrogen and oxygen atoms in total. The van der Waals surface area contributed by atoms with Gasteiger partial charge in [-0.15, -0.1) is 11.3 Å². The molecule has 2 aromatic heterocycles. The van der Waals surface area contributed by atoms with Gasteiger partial charge in [0.05, 0.1) is 0 Å². The number of thiophene rings is 1. The number of rotatable bonds is 4. The van der Waals surface area contributed by atoms with Crippen molar-refractivity contribution in [3.8, 4) is 5.75 Å². The highest BCUT2D eigenvalue weighted by Crippen LogP contribution is 2.30. The molecule has 0 unspecified atom stereocenters. The van der Waals surface area contributed by atoms with Crippen LogP contribution >= 0.6 is 11.3 Å². The molecule has 0 saturated heterocycles. The lowest BCUT2D eigenvalue weighted by Crippen LogP contribution is -2.13. The first-order chi connectivity index (χ1) is 8.56. The van der Waals surface area contributed by atoms with Crippen molar-refractivity contribution in [3.63, 3.8) is 0 Å². The molecule has 0 aliphatic heterocycles. The molecule has 9 heteroatoms. The van der Waals surface area contributed by atoms with Crippen molar-refractivity contribution in [3.05, 3.63) is 22.1 Å². The normalized spacial score (nSPS) is 10.7. The molecular weight excluding hydrogens is 266 g/mol. The average Bonchev–Trinajstić information content (AvgIpc) is 2.87.